The number of thioether (sulfide) groups is 1. The van der Waals surface area contributed by atoms with Crippen LogP contribution in [-0.2, 0) is 24.0 Å². The molecule has 1 rings (SSSR count). The van der Waals surface area contributed by atoms with E-state index in [1.54, 1.807) is 0 Å². The number of aliphatic carboxylic acids is 2. The Morgan fingerprint density at radius 3 is 2.46 bits per heavy atom. The summed E-state index contributed by atoms with van der Waals surface area (Å²) >= 11 is 1.49. The second-order valence-corrected chi connectivity index (χ2v) is 7.33. The Balaban J connectivity index is 2.64. The lowest BCUT2D eigenvalue weighted by Gasteiger charge is -2.23. The van der Waals surface area contributed by atoms with Gasteiger partial charge in [-0.3, -0.25) is 19.2 Å². The van der Waals surface area contributed by atoms with Crippen molar-refractivity contribution in [3.63, 3.8) is 0 Å². The van der Waals surface area contributed by atoms with Crippen molar-refractivity contribution in [3.05, 3.63) is 0 Å². The van der Waals surface area contributed by atoms with Crippen molar-refractivity contribution in [1.29, 1.82) is 0 Å². The van der Waals surface area contributed by atoms with E-state index in [0.29, 0.717) is 25.0 Å². The zero-order valence-electron chi connectivity index (χ0n) is 15.6. The van der Waals surface area contributed by atoms with Gasteiger partial charge in [-0.15, -0.1) is 0 Å². The third kappa shape index (κ3) is 7.35. The molecule has 3 atom stereocenters. The van der Waals surface area contributed by atoms with E-state index >= 15 is 0 Å². The van der Waals surface area contributed by atoms with Crippen LogP contribution in [0.3, 0.4) is 0 Å². The van der Waals surface area contributed by atoms with Gasteiger partial charge in [0.2, 0.25) is 17.7 Å². The van der Waals surface area contributed by atoms with Gasteiger partial charge < -0.3 is 31.5 Å². The number of hydrogen-bond donors (Lipinski definition) is 5. The molecule has 1 fully saturated rings. The van der Waals surface area contributed by atoms with Crippen LogP contribution in [0.2, 0.25) is 0 Å². The van der Waals surface area contributed by atoms with E-state index in [2.05, 4.69) is 10.6 Å². The molecule has 0 spiro atoms. The van der Waals surface area contributed by atoms with Crippen LogP contribution < -0.4 is 16.4 Å². The summed E-state index contributed by atoms with van der Waals surface area (Å²) < 4.78 is 0. The van der Waals surface area contributed by atoms with E-state index in [0.717, 1.165) is 4.90 Å². The first kappa shape index (κ1) is 23.7. The van der Waals surface area contributed by atoms with Crippen molar-refractivity contribution in [3.8, 4) is 0 Å². The Labute approximate surface area is 166 Å². The van der Waals surface area contributed by atoms with E-state index in [-0.39, 0.29) is 6.54 Å². The molecule has 0 aromatic rings. The molecule has 158 valence electrons. The lowest BCUT2D eigenvalue weighted by atomic mass is 10.1. The van der Waals surface area contributed by atoms with Crippen LogP contribution in [0.1, 0.15) is 25.7 Å². The molecular weight excluding hydrogens is 392 g/mol. The molecule has 0 radical (unpaired) electrons. The quantitative estimate of drug-likeness (QED) is 0.259. The van der Waals surface area contributed by atoms with Crippen LogP contribution in [0.25, 0.3) is 0 Å². The molecule has 1 aliphatic rings. The first-order valence-corrected chi connectivity index (χ1v) is 10.1. The van der Waals surface area contributed by atoms with Gasteiger partial charge in [0.05, 0.1) is 19.0 Å². The number of hydrogen-bond acceptors (Lipinski definition) is 7. The van der Waals surface area contributed by atoms with Crippen molar-refractivity contribution < 1.29 is 34.2 Å². The minimum atomic E-state index is -1.40. The van der Waals surface area contributed by atoms with Crippen LogP contribution in [-0.4, -0.2) is 88.0 Å². The average molecular weight is 418 g/mol. The lowest BCUT2D eigenvalue weighted by Crippen LogP contribution is -2.54. The number of amides is 3. The largest absolute Gasteiger partial charge is 0.481 e. The van der Waals surface area contributed by atoms with Gasteiger partial charge in [-0.25, -0.2) is 4.79 Å². The Morgan fingerprint density at radius 2 is 1.89 bits per heavy atom. The molecule has 0 aromatic heterocycles. The van der Waals surface area contributed by atoms with E-state index in [1.807, 2.05) is 6.26 Å². The highest BCUT2D eigenvalue weighted by molar-refractivity contribution is 7.98. The smallest absolute Gasteiger partial charge is 0.326 e. The predicted molar refractivity (Wildman–Crippen MR) is 101 cm³/mol. The van der Waals surface area contributed by atoms with Gasteiger partial charge >= 0.3 is 11.9 Å². The number of rotatable bonds is 11. The second kappa shape index (κ2) is 11.5. The summed E-state index contributed by atoms with van der Waals surface area (Å²) in [4.78, 5) is 59.8. The van der Waals surface area contributed by atoms with Crippen molar-refractivity contribution in [1.82, 2.24) is 15.5 Å². The topological polar surface area (TPSA) is 179 Å². The third-order valence-electron chi connectivity index (χ3n) is 4.25. The Hall–Kier alpha value is -2.34. The minimum Gasteiger partial charge on any atom is -0.481 e. The van der Waals surface area contributed by atoms with Crippen LogP contribution in [0, 0.1) is 0 Å². The van der Waals surface area contributed by atoms with Crippen molar-refractivity contribution in [2.75, 3.05) is 25.1 Å². The van der Waals surface area contributed by atoms with Gasteiger partial charge in [-0.05, 0) is 31.3 Å². The molecule has 0 bridgehead atoms. The van der Waals surface area contributed by atoms with Gasteiger partial charge in [0.15, 0.2) is 0 Å². The van der Waals surface area contributed by atoms with Crippen LogP contribution >= 0.6 is 11.8 Å². The number of carboxylic acid groups (broad SMARTS) is 2. The molecular formula is C16H26N4O7S. The summed E-state index contributed by atoms with van der Waals surface area (Å²) in [5.74, 6) is -3.91. The summed E-state index contributed by atoms with van der Waals surface area (Å²) in [6, 6.07) is -3.22. The molecule has 6 N–H and O–H groups in total. The lowest BCUT2D eigenvalue weighted by molar-refractivity contribution is -0.148. The SMILES string of the molecule is CSCCC(N)C(=O)NC(CC(=O)O)C(=O)NCC(=O)N1CCCC1C(=O)O. The fourth-order valence-corrected chi connectivity index (χ4v) is 3.24. The number of carbonyl (C=O) groups excluding carboxylic acids is 3. The highest BCUT2D eigenvalue weighted by Gasteiger charge is 2.34. The van der Waals surface area contributed by atoms with Gasteiger partial charge in [0, 0.05) is 6.54 Å². The van der Waals surface area contributed by atoms with E-state index in [9.17, 15) is 24.0 Å². The molecule has 3 unspecified atom stereocenters. The fourth-order valence-electron chi connectivity index (χ4n) is 2.75. The molecule has 1 aliphatic heterocycles. The number of likely N-dealkylation sites (tertiary alicyclic amines) is 1. The Bertz CT molecular complexity index is 616. The molecule has 12 heteroatoms. The standard InChI is InChI=1S/C16H26N4O7S/c1-28-6-4-9(17)14(24)19-10(7-13(22)23)15(25)18-8-12(21)20-5-2-3-11(20)16(26)27/h9-11H,2-8,17H2,1H3,(H,18,25)(H,19,24)(H,22,23)(H,26,27). The van der Waals surface area contributed by atoms with Gasteiger partial charge in [-0.2, -0.15) is 11.8 Å². The van der Waals surface area contributed by atoms with Crippen molar-refractivity contribution in [2.24, 2.45) is 5.73 Å². The Morgan fingerprint density at radius 1 is 1.21 bits per heavy atom. The maximum absolute atomic E-state index is 12.3. The monoisotopic (exact) mass is 418 g/mol. The summed E-state index contributed by atoms with van der Waals surface area (Å²) in [5.41, 5.74) is 5.71. The third-order valence-corrected chi connectivity index (χ3v) is 4.90. The summed E-state index contributed by atoms with van der Waals surface area (Å²) in [7, 11) is 0. The van der Waals surface area contributed by atoms with Crippen LogP contribution in [0.5, 0.6) is 0 Å². The maximum Gasteiger partial charge on any atom is 0.326 e. The van der Waals surface area contributed by atoms with Crippen LogP contribution in [0.15, 0.2) is 0 Å². The maximum atomic E-state index is 12.3. The minimum absolute atomic E-state index is 0.269. The van der Waals surface area contributed by atoms with E-state index < -0.39 is 60.8 Å². The summed E-state index contributed by atoms with van der Waals surface area (Å²) in [6.45, 7) is -0.224. The van der Waals surface area contributed by atoms with Gasteiger partial charge in [0.25, 0.3) is 0 Å². The molecule has 11 nitrogen and oxygen atoms in total. The summed E-state index contributed by atoms with van der Waals surface area (Å²) in [5, 5.41) is 22.6. The number of carboxylic acids is 2. The van der Waals surface area contributed by atoms with Gasteiger partial charge in [-0.1, -0.05) is 0 Å². The van der Waals surface area contributed by atoms with E-state index in [1.165, 1.54) is 11.8 Å². The predicted octanol–water partition coefficient (Wildman–Crippen LogP) is -1.78. The molecule has 3 amide bonds. The second-order valence-electron chi connectivity index (χ2n) is 6.35. The Kier molecular flexibility index (Phi) is 9.73. The molecule has 0 aromatic carbocycles. The fraction of sp³-hybridized carbons (Fsp3) is 0.688. The zero-order chi connectivity index (χ0) is 21.3. The van der Waals surface area contributed by atoms with Crippen molar-refractivity contribution in [2.45, 2.75) is 43.8 Å². The van der Waals surface area contributed by atoms with Crippen molar-refractivity contribution >= 4 is 41.4 Å². The normalized spacial score (nSPS) is 18.2. The average Bonchev–Trinajstić information content (AvgIpc) is 3.13. The molecule has 0 saturated carbocycles. The van der Waals surface area contributed by atoms with Crippen LogP contribution in [0.4, 0.5) is 0 Å². The molecule has 28 heavy (non-hydrogen) atoms. The zero-order valence-corrected chi connectivity index (χ0v) is 16.4. The highest BCUT2D eigenvalue weighted by atomic mass is 32.2. The molecule has 1 saturated heterocycles. The highest BCUT2D eigenvalue weighted by Crippen LogP contribution is 2.17. The first-order valence-electron chi connectivity index (χ1n) is 8.74. The van der Waals surface area contributed by atoms with E-state index in [4.69, 9.17) is 15.9 Å². The molecule has 0 aliphatic carbocycles. The summed E-state index contributed by atoms with van der Waals surface area (Å²) in [6.07, 6.45) is 2.40. The molecule has 1 heterocycles. The number of nitrogens with one attached hydrogen (secondary N) is 2. The number of nitrogens with zero attached hydrogens (tertiary/aromatic N) is 1. The first-order chi connectivity index (χ1) is 13.2. The number of nitrogens with two attached hydrogens (primary N) is 1. The van der Waals surface area contributed by atoms with Gasteiger partial charge in [0.1, 0.15) is 12.1 Å². The number of carbonyl (C=O) groups is 5.